The summed E-state index contributed by atoms with van der Waals surface area (Å²) < 4.78 is 5.67. The highest BCUT2D eigenvalue weighted by atomic mass is 35.5. The van der Waals surface area contributed by atoms with Crippen molar-refractivity contribution < 1.29 is 14.3 Å². The van der Waals surface area contributed by atoms with Crippen LogP contribution in [0.3, 0.4) is 0 Å². The normalized spacial score (nSPS) is 10.9. The zero-order valence-electron chi connectivity index (χ0n) is 12.4. The molecular weight excluding hydrogens is 328 g/mol. The van der Waals surface area contributed by atoms with E-state index in [1.54, 1.807) is 30.5 Å². The predicted molar refractivity (Wildman–Crippen MR) is 93.8 cm³/mol. The van der Waals surface area contributed by atoms with Crippen LogP contribution in [0.4, 0.5) is 5.69 Å². The molecule has 3 aromatic rings. The first-order valence-corrected chi connectivity index (χ1v) is 7.48. The van der Waals surface area contributed by atoms with E-state index in [4.69, 9.17) is 21.1 Å². The molecule has 0 fully saturated rings. The summed E-state index contributed by atoms with van der Waals surface area (Å²) in [6.45, 7) is 0. The fraction of sp³-hybridized carbons (Fsp3) is 0. The Morgan fingerprint density at radius 3 is 2.62 bits per heavy atom. The summed E-state index contributed by atoms with van der Waals surface area (Å²) in [4.78, 5) is 11.0. The number of hydrogen-bond acceptors (Lipinski definition) is 4. The van der Waals surface area contributed by atoms with Crippen molar-refractivity contribution in [2.45, 2.75) is 0 Å². The summed E-state index contributed by atoms with van der Waals surface area (Å²) in [6, 6.07) is 17.8. The van der Waals surface area contributed by atoms with Gasteiger partial charge in [-0.2, -0.15) is 5.10 Å². The van der Waals surface area contributed by atoms with Crippen LogP contribution in [-0.4, -0.2) is 17.3 Å². The number of nitrogens with zero attached hydrogens (tertiary/aromatic N) is 1. The zero-order valence-corrected chi connectivity index (χ0v) is 13.2. The fourth-order valence-corrected chi connectivity index (χ4v) is 2.36. The molecule has 120 valence electrons. The number of para-hydroxylation sites is 1. The monoisotopic (exact) mass is 340 g/mol. The van der Waals surface area contributed by atoms with Gasteiger partial charge in [0.05, 0.1) is 22.5 Å². The topological polar surface area (TPSA) is 74.8 Å². The van der Waals surface area contributed by atoms with Crippen LogP contribution in [0, 0.1) is 0 Å². The number of hydrogen-bond donors (Lipinski definition) is 2. The van der Waals surface area contributed by atoms with Crippen LogP contribution in [0.25, 0.3) is 11.3 Å². The molecule has 2 aromatic carbocycles. The first-order valence-electron chi connectivity index (χ1n) is 7.10. The molecule has 2 N–H and O–H groups in total. The van der Waals surface area contributed by atoms with E-state index in [9.17, 15) is 4.79 Å². The summed E-state index contributed by atoms with van der Waals surface area (Å²) in [5.41, 5.74) is 4.52. The van der Waals surface area contributed by atoms with E-state index in [1.165, 1.54) is 6.07 Å². The lowest BCUT2D eigenvalue weighted by molar-refractivity contribution is 0.0697. The maximum atomic E-state index is 11.0. The number of carbonyl (C=O) groups is 1. The Balaban J connectivity index is 1.73. The standard InChI is InChI=1S/C18H13ClN2O3/c19-16-10-12(6-8-15(16)18(22)23)17-9-7-14(24-17)11-20-21-13-4-2-1-3-5-13/h1-11,21H,(H,22,23)/b20-11+. The lowest BCUT2D eigenvalue weighted by atomic mass is 10.1. The largest absolute Gasteiger partial charge is 0.478 e. The number of hydrazone groups is 1. The third kappa shape index (κ3) is 3.64. The minimum absolute atomic E-state index is 0.0563. The van der Waals surface area contributed by atoms with Crippen molar-refractivity contribution >= 4 is 29.5 Å². The highest BCUT2D eigenvalue weighted by Crippen LogP contribution is 2.27. The van der Waals surface area contributed by atoms with E-state index in [-0.39, 0.29) is 10.6 Å². The van der Waals surface area contributed by atoms with Crippen LogP contribution in [0.15, 0.2) is 70.2 Å². The summed E-state index contributed by atoms with van der Waals surface area (Å²) >= 11 is 5.97. The van der Waals surface area contributed by atoms with Crippen molar-refractivity contribution in [2.24, 2.45) is 5.10 Å². The molecule has 5 nitrogen and oxygen atoms in total. The molecule has 6 heteroatoms. The fourth-order valence-electron chi connectivity index (χ4n) is 2.10. The molecule has 0 atom stereocenters. The smallest absolute Gasteiger partial charge is 0.337 e. The molecule has 0 spiro atoms. The Kier molecular flexibility index (Phi) is 4.63. The van der Waals surface area contributed by atoms with E-state index in [1.807, 2.05) is 30.3 Å². The van der Waals surface area contributed by atoms with E-state index in [0.29, 0.717) is 17.1 Å². The maximum absolute atomic E-state index is 11.0. The SMILES string of the molecule is O=C(O)c1ccc(-c2ccc(/C=N/Nc3ccccc3)o2)cc1Cl. The molecule has 24 heavy (non-hydrogen) atoms. The third-order valence-electron chi connectivity index (χ3n) is 3.27. The summed E-state index contributed by atoms with van der Waals surface area (Å²) in [5, 5.41) is 13.3. The minimum Gasteiger partial charge on any atom is -0.478 e. The highest BCUT2D eigenvalue weighted by Gasteiger charge is 2.11. The molecule has 3 rings (SSSR count). The van der Waals surface area contributed by atoms with E-state index < -0.39 is 5.97 Å². The number of anilines is 1. The van der Waals surface area contributed by atoms with Gasteiger partial charge in [-0.25, -0.2) is 4.79 Å². The van der Waals surface area contributed by atoms with Crippen LogP contribution in [-0.2, 0) is 0 Å². The molecule has 1 aromatic heterocycles. The van der Waals surface area contributed by atoms with Crippen molar-refractivity contribution in [2.75, 3.05) is 5.43 Å². The third-order valence-corrected chi connectivity index (χ3v) is 3.58. The number of carboxylic acids is 1. The van der Waals surface area contributed by atoms with Gasteiger partial charge in [-0.05, 0) is 36.4 Å². The molecular formula is C18H13ClN2O3. The van der Waals surface area contributed by atoms with Gasteiger partial charge in [0, 0.05) is 5.56 Å². The van der Waals surface area contributed by atoms with Crippen LogP contribution in [0.5, 0.6) is 0 Å². The molecule has 0 amide bonds. The second kappa shape index (κ2) is 7.02. The van der Waals surface area contributed by atoms with E-state index >= 15 is 0 Å². The van der Waals surface area contributed by atoms with Gasteiger partial charge in [0.1, 0.15) is 11.5 Å². The van der Waals surface area contributed by atoms with Gasteiger partial charge in [0.25, 0.3) is 0 Å². The predicted octanol–water partition coefficient (Wildman–Crippen LogP) is 4.74. The van der Waals surface area contributed by atoms with Gasteiger partial charge in [-0.15, -0.1) is 0 Å². The Morgan fingerprint density at radius 1 is 1.12 bits per heavy atom. The average molecular weight is 341 g/mol. The Labute approximate surface area is 143 Å². The van der Waals surface area contributed by atoms with Gasteiger partial charge < -0.3 is 9.52 Å². The molecule has 0 saturated carbocycles. The number of halogens is 1. The van der Waals surface area contributed by atoms with Gasteiger partial charge in [-0.1, -0.05) is 35.9 Å². The molecule has 0 bridgehead atoms. The lowest BCUT2D eigenvalue weighted by Crippen LogP contribution is -1.96. The van der Waals surface area contributed by atoms with Crippen molar-refractivity contribution in [1.29, 1.82) is 0 Å². The number of furan rings is 1. The van der Waals surface area contributed by atoms with Gasteiger partial charge in [-0.3, -0.25) is 5.43 Å². The molecule has 0 aliphatic heterocycles. The van der Waals surface area contributed by atoms with Crippen LogP contribution < -0.4 is 5.43 Å². The summed E-state index contributed by atoms with van der Waals surface area (Å²) in [5.74, 6) is 0.0765. The first-order chi connectivity index (χ1) is 11.6. The number of aromatic carboxylic acids is 1. The lowest BCUT2D eigenvalue weighted by Gasteiger charge is -2.01. The Hall–Kier alpha value is -3.05. The molecule has 0 saturated heterocycles. The second-order valence-electron chi connectivity index (χ2n) is 4.94. The number of rotatable bonds is 5. The van der Waals surface area contributed by atoms with E-state index in [2.05, 4.69) is 10.5 Å². The molecule has 0 aliphatic rings. The van der Waals surface area contributed by atoms with Crippen LogP contribution in [0.1, 0.15) is 16.1 Å². The second-order valence-corrected chi connectivity index (χ2v) is 5.35. The number of carboxylic acid groups (broad SMARTS) is 1. The summed E-state index contributed by atoms with van der Waals surface area (Å²) in [7, 11) is 0. The van der Waals surface area contributed by atoms with Gasteiger partial charge in [0.15, 0.2) is 0 Å². The van der Waals surface area contributed by atoms with Crippen LogP contribution in [0.2, 0.25) is 5.02 Å². The number of nitrogens with one attached hydrogen (secondary N) is 1. The molecule has 0 radical (unpaired) electrons. The van der Waals surface area contributed by atoms with Gasteiger partial charge in [0.2, 0.25) is 0 Å². The van der Waals surface area contributed by atoms with Crippen molar-refractivity contribution in [3.63, 3.8) is 0 Å². The van der Waals surface area contributed by atoms with Gasteiger partial charge >= 0.3 is 5.97 Å². The zero-order chi connectivity index (χ0) is 16.9. The molecule has 0 unspecified atom stereocenters. The average Bonchev–Trinajstić information content (AvgIpc) is 3.04. The van der Waals surface area contributed by atoms with Crippen molar-refractivity contribution in [1.82, 2.24) is 0 Å². The van der Waals surface area contributed by atoms with Crippen LogP contribution >= 0.6 is 11.6 Å². The van der Waals surface area contributed by atoms with E-state index in [0.717, 1.165) is 5.69 Å². The van der Waals surface area contributed by atoms with Crippen molar-refractivity contribution in [3.05, 3.63) is 77.0 Å². The first kappa shape index (κ1) is 15.8. The highest BCUT2D eigenvalue weighted by molar-refractivity contribution is 6.33. The maximum Gasteiger partial charge on any atom is 0.337 e. The summed E-state index contributed by atoms with van der Waals surface area (Å²) in [6.07, 6.45) is 1.56. The Morgan fingerprint density at radius 2 is 1.92 bits per heavy atom. The number of benzene rings is 2. The Bertz CT molecular complexity index is 888. The minimum atomic E-state index is -1.06. The molecule has 0 aliphatic carbocycles. The quantitative estimate of drug-likeness (QED) is 0.519. The van der Waals surface area contributed by atoms with Crippen molar-refractivity contribution in [3.8, 4) is 11.3 Å². The molecule has 1 heterocycles.